The molecule has 3 heterocycles. The molecule has 1 aromatic carbocycles. The van der Waals surface area contributed by atoms with Crippen molar-refractivity contribution in [3.8, 4) is 5.75 Å². The van der Waals surface area contributed by atoms with Crippen molar-refractivity contribution < 1.29 is 19.1 Å². The van der Waals surface area contributed by atoms with Gasteiger partial charge in [-0.15, -0.1) is 0 Å². The first kappa shape index (κ1) is 19.2. The highest BCUT2D eigenvalue weighted by Crippen LogP contribution is 2.24. The van der Waals surface area contributed by atoms with Crippen molar-refractivity contribution in [2.24, 2.45) is 5.92 Å². The van der Waals surface area contributed by atoms with Gasteiger partial charge in [-0.2, -0.15) is 5.10 Å². The summed E-state index contributed by atoms with van der Waals surface area (Å²) in [7, 11) is 0. The van der Waals surface area contributed by atoms with E-state index in [0.717, 1.165) is 23.8 Å². The van der Waals surface area contributed by atoms with E-state index in [1.165, 1.54) is 6.07 Å². The number of fused-ring (bicyclic) bond motifs is 1. The van der Waals surface area contributed by atoms with Gasteiger partial charge in [0, 0.05) is 30.6 Å². The summed E-state index contributed by atoms with van der Waals surface area (Å²) < 4.78 is 11.2. The molecule has 3 aromatic rings. The highest BCUT2D eigenvalue weighted by molar-refractivity contribution is 5.92. The van der Waals surface area contributed by atoms with E-state index in [1.807, 2.05) is 19.1 Å². The van der Waals surface area contributed by atoms with Crippen LogP contribution in [0.3, 0.4) is 0 Å². The Hall–Kier alpha value is -3.13. The number of likely N-dealkylation sites (tertiary alicyclic amines) is 1. The predicted octanol–water partition coefficient (Wildman–Crippen LogP) is 2.25. The summed E-state index contributed by atoms with van der Waals surface area (Å²) in [6.45, 7) is 3.53. The molecule has 0 unspecified atom stereocenters. The Morgan fingerprint density at radius 2 is 2.10 bits per heavy atom. The Morgan fingerprint density at radius 1 is 1.31 bits per heavy atom. The average Bonchev–Trinajstić information content (AvgIpc) is 3.21. The first-order valence-corrected chi connectivity index (χ1v) is 9.65. The summed E-state index contributed by atoms with van der Waals surface area (Å²) in [6.07, 6.45) is 1.68. The van der Waals surface area contributed by atoms with Crippen molar-refractivity contribution in [3.63, 3.8) is 0 Å². The van der Waals surface area contributed by atoms with E-state index >= 15 is 0 Å². The molecule has 0 atom stereocenters. The van der Waals surface area contributed by atoms with Crippen LogP contribution >= 0.6 is 0 Å². The molecule has 152 valence electrons. The van der Waals surface area contributed by atoms with Gasteiger partial charge in [0.25, 0.3) is 5.91 Å². The van der Waals surface area contributed by atoms with Gasteiger partial charge in [-0.1, -0.05) is 0 Å². The molecular formula is C21H23N3O5. The molecule has 0 radical (unpaired) electrons. The van der Waals surface area contributed by atoms with Crippen LogP contribution in [0.15, 0.2) is 39.5 Å². The molecule has 1 aliphatic heterocycles. The number of carbonyl (C=O) groups is 1. The number of amides is 1. The minimum absolute atomic E-state index is 0.125. The number of benzene rings is 1. The second kappa shape index (κ2) is 8.08. The molecule has 4 rings (SSSR count). The number of carbonyl (C=O) groups excluding carboxylic acids is 1. The van der Waals surface area contributed by atoms with Crippen molar-refractivity contribution in [2.75, 3.05) is 19.7 Å². The number of piperidine rings is 1. The SMILES string of the molecule is Cc1cc(=O)oc2cc(OCC3CCN(C(=O)c4cc(CO)[nH]n4)CC3)ccc12. The van der Waals surface area contributed by atoms with Crippen LogP contribution in [0.1, 0.15) is 34.6 Å². The van der Waals surface area contributed by atoms with Gasteiger partial charge in [0.15, 0.2) is 0 Å². The molecule has 2 aromatic heterocycles. The van der Waals surface area contributed by atoms with Gasteiger partial charge in [0.05, 0.1) is 18.9 Å². The van der Waals surface area contributed by atoms with E-state index in [4.69, 9.17) is 14.3 Å². The van der Waals surface area contributed by atoms with Crippen LogP contribution in [0, 0.1) is 12.8 Å². The summed E-state index contributed by atoms with van der Waals surface area (Å²) in [6, 6.07) is 8.58. The third kappa shape index (κ3) is 4.17. The van der Waals surface area contributed by atoms with Gasteiger partial charge in [-0.05, 0) is 49.4 Å². The van der Waals surface area contributed by atoms with E-state index in [9.17, 15) is 9.59 Å². The lowest BCUT2D eigenvalue weighted by Crippen LogP contribution is -2.39. The molecule has 0 spiro atoms. The van der Waals surface area contributed by atoms with Crippen LogP contribution < -0.4 is 10.4 Å². The maximum atomic E-state index is 12.5. The number of hydrogen-bond acceptors (Lipinski definition) is 6. The zero-order valence-corrected chi connectivity index (χ0v) is 16.2. The van der Waals surface area contributed by atoms with E-state index < -0.39 is 0 Å². The van der Waals surface area contributed by atoms with Gasteiger partial charge in [-0.25, -0.2) is 4.79 Å². The Labute approximate surface area is 167 Å². The summed E-state index contributed by atoms with van der Waals surface area (Å²) >= 11 is 0. The summed E-state index contributed by atoms with van der Waals surface area (Å²) in [4.78, 5) is 25.8. The van der Waals surface area contributed by atoms with E-state index in [0.29, 0.717) is 48.3 Å². The molecule has 29 heavy (non-hydrogen) atoms. The number of aryl methyl sites for hydroxylation is 1. The number of rotatable bonds is 5. The minimum Gasteiger partial charge on any atom is -0.493 e. The highest BCUT2D eigenvalue weighted by Gasteiger charge is 2.25. The van der Waals surface area contributed by atoms with Gasteiger partial charge >= 0.3 is 5.63 Å². The fraction of sp³-hybridized carbons (Fsp3) is 0.381. The number of aliphatic hydroxyl groups is 1. The largest absolute Gasteiger partial charge is 0.493 e. The molecule has 1 saturated heterocycles. The number of nitrogens with one attached hydrogen (secondary N) is 1. The number of hydrogen-bond donors (Lipinski definition) is 2. The molecule has 0 saturated carbocycles. The normalized spacial score (nSPS) is 15.0. The van der Waals surface area contributed by atoms with E-state index in [1.54, 1.807) is 17.0 Å². The van der Waals surface area contributed by atoms with Crippen LogP contribution in [0.5, 0.6) is 5.75 Å². The fourth-order valence-electron chi connectivity index (χ4n) is 3.63. The zero-order valence-electron chi connectivity index (χ0n) is 16.2. The molecular weight excluding hydrogens is 374 g/mol. The summed E-state index contributed by atoms with van der Waals surface area (Å²) in [5.41, 5.74) is 1.89. The first-order chi connectivity index (χ1) is 14.0. The van der Waals surface area contributed by atoms with Crippen LogP contribution in [-0.2, 0) is 6.61 Å². The van der Waals surface area contributed by atoms with Crippen LogP contribution in [0.2, 0.25) is 0 Å². The number of aromatic amines is 1. The Balaban J connectivity index is 1.32. The van der Waals surface area contributed by atoms with Crippen molar-refractivity contribution >= 4 is 16.9 Å². The minimum atomic E-state index is -0.368. The fourth-order valence-corrected chi connectivity index (χ4v) is 3.63. The Kier molecular flexibility index (Phi) is 5.35. The van der Waals surface area contributed by atoms with Crippen LogP contribution in [0.4, 0.5) is 0 Å². The monoisotopic (exact) mass is 397 g/mol. The van der Waals surface area contributed by atoms with Crippen molar-refractivity contribution in [3.05, 3.63) is 57.7 Å². The third-order valence-electron chi connectivity index (χ3n) is 5.33. The van der Waals surface area contributed by atoms with E-state index in [2.05, 4.69) is 10.2 Å². The standard InChI is InChI=1S/C21H23N3O5/c1-13-8-20(26)29-19-10-16(2-3-17(13)19)28-12-14-4-6-24(7-5-14)21(27)18-9-15(11-25)22-23-18/h2-3,8-10,14,25H,4-7,11-12H2,1H3,(H,22,23). The van der Waals surface area contributed by atoms with Gasteiger partial charge < -0.3 is 19.2 Å². The molecule has 1 aliphatic rings. The molecule has 2 N–H and O–H groups in total. The molecule has 0 aliphatic carbocycles. The Bertz CT molecular complexity index is 1080. The maximum absolute atomic E-state index is 12.5. The molecule has 8 nitrogen and oxygen atoms in total. The smallest absolute Gasteiger partial charge is 0.336 e. The van der Waals surface area contributed by atoms with Gasteiger partial charge in [-0.3, -0.25) is 9.89 Å². The molecule has 1 fully saturated rings. The second-order valence-electron chi connectivity index (χ2n) is 7.39. The number of ether oxygens (including phenoxy) is 1. The lowest BCUT2D eigenvalue weighted by atomic mass is 9.97. The van der Waals surface area contributed by atoms with Gasteiger partial charge in [0.1, 0.15) is 17.0 Å². The number of nitrogens with zero attached hydrogens (tertiary/aromatic N) is 2. The zero-order chi connectivity index (χ0) is 20.4. The maximum Gasteiger partial charge on any atom is 0.336 e. The summed E-state index contributed by atoms with van der Waals surface area (Å²) in [5.74, 6) is 0.879. The lowest BCUT2D eigenvalue weighted by Gasteiger charge is -2.31. The van der Waals surface area contributed by atoms with Crippen LogP contribution in [0.25, 0.3) is 11.0 Å². The van der Waals surface area contributed by atoms with Crippen molar-refractivity contribution in [1.82, 2.24) is 15.1 Å². The first-order valence-electron chi connectivity index (χ1n) is 9.65. The van der Waals surface area contributed by atoms with Gasteiger partial charge in [0.2, 0.25) is 0 Å². The van der Waals surface area contributed by atoms with E-state index in [-0.39, 0.29) is 18.1 Å². The average molecular weight is 397 g/mol. The number of H-pyrrole nitrogens is 1. The quantitative estimate of drug-likeness (QED) is 0.639. The predicted molar refractivity (Wildman–Crippen MR) is 106 cm³/mol. The molecule has 0 bridgehead atoms. The second-order valence-corrected chi connectivity index (χ2v) is 7.39. The molecule has 1 amide bonds. The number of aromatic nitrogens is 2. The van der Waals surface area contributed by atoms with Crippen molar-refractivity contribution in [2.45, 2.75) is 26.4 Å². The van der Waals surface area contributed by atoms with Crippen LogP contribution in [-0.4, -0.2) is 45.8 Å². The lowest BCUT2D eigenvalue weighted by molar-refractivity contribution is 0.0655. The Morgan fingerprint density at radius 3 is 2.83 bits per heavy atom. The van der Waals surface area contributed by atoms with Crippen molar-refractivity contribution in [1.29, 1.82) is 0 Å². The highest BCUT2D eigenvalue weighted by atomic mass is 16.5. The molecule has 8 heteroatoms. The summed E-state index contributed by atoms with van der Waals surface area (Å²) in [5, 5.41) is 16.6. The number of aliphatic hydroxyl groups excluding tert-OH is 1. The third-order valence-corrected chi connectivity index (χ3v) is 5.33. The topological polar surface area (TPSA) is 109 Å².